The molecule has 0 atom stereocenters. The summed E-state index contributed by atoms with van der Waals surface area (Å²) in [5.74, 6) is 1.66. The van der Waals surface area contributed by atoms with Crippen LogP contribution in [0.15, 0.2) is 47.4 Å². The number of likely N-dealkylation sites (tertiary alicyclic amines) is 1. The molecule has 1 aromatic carbocycles. The number of rotatable bonds is 8. The molecular formula is C27H32N8OS. The molecule has 5 heterocycles. The first-order valence-corrected chi connectivity index (χ1v) is 13.9. The normalized spacial score (nSPS) is 16.7. The number of aromatic nitrogens is 4. The number of carbonyl (C=O) groups excluding carboxylic acids is 1. The topological polar surface area (TPSA) is 82.4 Å². The van der Waals surface area contributed by atoms with Crippen LogP contribution < -0.4 is 10.2 Å². The highest BCUT2D eigenvalue weighted by molar-refractivity contribution is 7.08. The van der Waals surface area contributed by atoms with E-state index >= 15 is 0 Å². The fraction of sp³-hybridized carbons (Fsp3) is 0.407. The third kappa shape index (κ3) is 5.03. The average Bonchev–Trinajstić information content (AvgIpc) is 3.68. The summed E-state index contributed by atoms with van der Waals surface area (Å²) in [5.41, 5.74) is 4.78. The van der Waals surface area contributed by atoms with Crippen LogP contribution in [0.4, 0.5) is 11.5 Å². The fourth-order valence-corrected chi connectivity index (χ4v) is 5.67. The van der Waals surface area contributed by atoms with E-state index in [1.807, 2.05) is 15.8 Å². The molecule has 9 nitrogen and oxygen atoms in total. The van der Waals surface area contributed by atoms with Crippen LogP contribution in [0.3, 0.4) is 0 Å². The number of nitrogens with one attached hydrogen (secondary N) is 1. The van der Waals surface area contributed by atoms with Crippen molar-refractivity contribution in [2.45, 2.75) is 19.3 Å². The minimum Gasteiger partial charge on any atom is -0.369 e. The molecule has 6 rings (SSSR count). The number of fused-ring (bicyclic) bond motifs is 1. The van der Waals surface area contributed by atoms with Crippen molar-refractivity contribution < 1.29 is 4.79 Å². The zero-order chi connectivity index (χ0) is 25.2. The van der Waals surface area contributed by atoms with E-state index in [-0.39, 0.29) is 5.91 Å². The van der Waals surface area contributed by atoms with E-state index in [1.165, 1.54) is 5.69 Å². The van der Waals surface area contributed by atoms with Crippen LogP contribution >= 0.6 is 11.3 Å². The molecule has 0 bridgehead atoms. The number of benzene rings is 1. The van der Waals surface area contributed by atoms with Crippen LogP contribution in [-0.4, -0.2) is 88.1 Å². The Morgan fingerprint density at radius 1 is 1.00 bits per heavy atom. The Balaban J connectivity index is 1.27. The Bertz CT molecular complexity index is 1360. The number of imidazole rings is 1. The highest BCUT2D eigenvalue weighted by atomic mass is 32.1. The van der Waals surface area contributed by atoms with Gasteiger partial charge >= 0.3 is 0 Å². The molecule has 192 valence electrons. The number of amides is 1. The maximum absolute atomic E-state index is 11.9. The monoisotopic (exact) mass is 516 g/mol. The van der Waals surface area contributed by atoms with E-state index in [2.05, 4.69) is 68.2 Å². The third-order valence-corrected chi connectivity index (χ3v) is 7.91. The number of thiophene rings is 1. The van der Waals surface area contributed by atoms with Gasteiger partial charge < -0.3 is 20.0 Å². The smallest absolute Gasteiger partial charge is 0.222 e. The zero-order valence-corrected chi connectivity index (χ0v) is 22.0. The van der Waals surface area contributed by atoms with Crippen molar-refractivity contribution in [2.75, 3.05) is 63.1 Å². The van der Waals surface area contributed by atoms with Gasteiger partial charge in [0, 0.05) is 68.9 Å². The van der Waals surface area contributed by atoms with Gasteiger partial charge in [-0.15, -0.1) is 0 Å². The predicted molar refractivity (Wildman–Crippen MR) is 149 cm³/mol. The van der Waals surface area contributed by atoms with Gasteiger partial charge in [-0.3, -0.25) is 9.36 Å². The van der Waals surface area contributed by atoms with E-state index in [0.29, 0.717) is 18.8 Å². The Kier molecular flexibility index (Phi) is 6.75. The van der Waals surface area contributed by atoms with E-state index in [9.17, 15) is 4.79 Å². The van der Waals surface area contributed by atoms with Crippen LogP contribution in [0.25, 0.3) is 28.2 Å². The summed E-state index contributed by atoms with van der Waals surface area (Å²) < 4.78 is 2.02. The molecule has 3 aromatic heterocycles. The van der Waals surface area contributed by atoms with Crippen molar-refractivity contribution in [3.8, 4) is 17.1 Å². The quantitative estimate of drug-likeness (QED) is 0.358. The summed E-state index contributed by atoms with van der Waals surface area (Å²) in [6, 6.07) is 10.6. The second-order valence-corrected chi connectivity index (χ2v) is 10.5. The minimum atomic E-state index is 0.265. The molecule has 0 unspecified atom stereocenters. The standard InChI is InChI=1S/C27H32N8OS/c1-32-13-15-33(16-14-32)21-7-5-20(6-8-21)25-30-26(28-10-3-12-34-11-2-4-23(34)36)24-27(31-25)35(19-29-24)22-9-17-37-18-22/h5-9,17-19H,2-4,10-16H2,1H3,(H,28,30,31). The molecule has 0 aliphatic carbocycles. The van der Waals surface area contributed by atoms with E-state index in [1.54, 1.807) is 11.3 Å². The maximum Gasteiger partial charge on any atom is 0.222 e. The minimum absolute atomic E-state index is 0.265. The predicted octanol–water partition coefficient (Wildman–Crippen LogP) is 3.72. The van der Waals surface area contributed by atoms with E-state index in [0.717, 1.165) is 80.3 Å². The molecular weight excluding hydrogens is 484 g/mol. The number of carbonyl (C=O) groups is 1. The summed E-state index contributed by atoms with van der Waals surface area (Å²) in [7, 11) is 2.17. The maximum atomic E-state index is 11.9. The van der Waals surface area contributed by atoms with Gasteiger partial charge in [0.15, 0.2) is 22.8 Å². The van der Waals surface area contributed by atoms with Crippen molar-refractivity contribution in [3.05, 3.63) is 47.4 Å². The van der Waals surface area contributed by atoms with Crippen molar-refractivity contribution >= 4 is 39.9 Å². The van der Waals surface area contributed by atoms with Gasteiger partial charge in [0.25, 0.3) is 0 Å². The molecule has 10 heteroatoms. The lowest BCUT2D eigenvalue weighted by Gasteiger charge is -2.34. The second-order valence-electron chi connectivity index (χ2n) is 9.77. The molecule has 4 aromatic rings. The summed E-state index contributed by atoms with van der Waals surface area (Å²) in [5, 5.41) is 7.63. The summed E-state index contributed by atoms with van der Waals surface area (Å²) in [4.78, 5) is 33.2. The van der Waals surface area contributed by atoms with Gasteiger partial charge in [-0.1, -0.05) is 0 Å². The number of hydrogen-bond acceptors (Lipinski definition) is 8. The molecule has 1 N–H and O–H groups in total. The van der Waals surface area contributed by atoms with Crippen LogP contribution in [0.1, 0.15) is 19.3 Å². The summed E-state index contributed by atoms with van der Waals surface area (Å²) in [6.07, 6.45) is 4.32. The van der Waals surface area contributed by atoms with E-state index in [4.69, 9.17) is 9.97 Å². The molecule has 2 saturated heterocycles. The summed E-state index contributed by atoms with van der Waals surface area (Å²) >= 11 is 1.65. The molecule has 0 saturated carbocycles. The van der Waals surface area contributed by atoms with Crippen LogP contribution in [0.2, 0.25) is 0 Å². The number of nitrogens with zero attached hydrogens (tertiary/aromatic N) is 7. The molecule has 2 fully saturated rings. The highest BCUT2D eigenvalue weighted by Crippen LogP contribution is 2.28. The number of likely N-dealkylation sites (N-methyl/N-ethyl adjacent to an activating group) is 1. The molecule has 0 radical (unpaired) electrons. The van der Waals surface area contributed by atoms with Gasteiger partial charge in [0.05, 0.1) is 5.69 Å². The highest BCUT2D eigenvalue weighted by Gasteiger charge is 2.20. The molecule has 2 aliphatic rings. The first kappa shape index (κ1) is 23.9. The number of anilines is 2. The lowest BCUT2D eigenvalue weighted by Crippen LogP contribution is -2.44. The largest absolute Gasteiger partial charge is 0.369 e. The molecule has 0 spiro atoms. The summed E-state index contributed by atoms with van der Waals surface area (Å²) in [6.45, 7) is 6.58. The van der Waals surface area contributed by atoms with Crippen LogP contribution in [0.5, 0.6) is 0 Å². The second kappa shape index (κ2) is 10.5. The third-order valence-electron chi connectivity index (χ3n) is 7.24. The van der Waals surface area contributed by atoms with E-state index < -0.39 is 0 Å². The van der Waals surface area contributed by atoms with Crippen molar-refractivity contribution in [1.82, 2.24) is 29.3 Å². The Labute approximate surface area is 220 Å². The van der Waals surface area contributed by atoms with Crippen LogP contribution in [0, 0.1) is 0 Å². The van der Waals surface area contributed by atoms with Gasteiger partial charge in [0.2, 0.25) is 5.91 Å². The van der Waals surface area contributed by atoms with Crippen molar-refractivity contribution in [2.24, 2.45) is 0 Å². The van der Waals surface area contributed by atoms with Crippen molar-refractivity contribution in [1.29, 1.82) is 0 Å². The Morgan fingerprint density at radius 2 is 1.84 bits per heavy atom. The average molecular weight is 517 g/mol. The van der Waals surface area contributed by atoms with Gasteiger partial charge in [0.1, 0.15) is 6.33 Å². The number of piperazine rings is 1. The zero-order valence-electron chi connectivity index (χ0n) is 21.1. The Hall–Kier alpha value is -3.50. The first-order valence-electron chi connectivity index (χ1n) is 13.0. The lowest BCUT2D eigenvalue weighted by atomic mass is 10.1. The molecule has 1 amide bonds. The lowest BCUT2D eigenvalue weighted by molar-refractivity contribution is -0.127. The van der Waals surface area contributed by atoms with Gasteiger partial charge in [-0.2, -0.15) is 11.3 Å². The van der Waals surface area contributed by atoms with Crippen LogP contribution in [-0.2, 0) is 4.79 Å². The fourth-order valence-electron chi connectivity index (χ4n) is 5.04. The number of hydrogen-bond donors (Lipinski definition) is 1. The van der Waals surface area contributed by atoms with Gasteiger partial charge in [-0.25, -0.2) is 15.0 Å². The molecule has 2 aliphatic heterocycles. The molecule has 37 heavy (non-hydrogen) atoms. The Morgan fingerprint density at radius 3 is 2.57 bits per heavy atom. The first-order chi connectivity index (χ1) is 18.2. The van der Waals surface area contributed by atoms with Crippen molar-refractivity contribution in [3.63, 3.8) is 0 Å². The van der Waals surface area contributed by atoms with Gasteiger partial charge in [-0.05, 0) is 55.6 Å². The SMILES string of the molecule is CN1CCN(c2ccc(-c3nc(NCCCN4CCCC4=O)c4ncn(-c5ccsc5)c4n3)cc2)CC1.